The second-order valence-electron chi connectivity index (χ2n) is 3.70. The number of carboxylic acids is 1. The van der Waals surface area contributed by atoms with Crippen LogP contribution < -0.4 is 5.32 Å². The zero-order valence-corrected chi connectivity index (χ0v) is 9.70. The van der Waals surface area contributed by atoms with Gasteiger partial charge in [0.15, 0.2) is 0 Å². The highest BCUT2D eigenvalue weighted by atomic mass is 16.4. The number of nitrogens with one attached hydrogen (secondary N) is 1. The molecule has 1 aromatic carbocycles. The minimum Gasteiger partial charge on any atom is -0.478 e. The number of amides is 1. The molecule has 4 heteroatoms. The third-order valence-corrected chi connectivity index (χ3v) is 2.44. The average molecular weight is 231 g/mol. The number of benzene rings is 1. The lowest BCUT2D eigenvalue weighted by molar-refractivity contribution is -0.115. The van der Waals surface area contributed by atoms with Gasteiger partial charge in [-0.3, -0.25) is 4.79 Å². The van der Waals surface area contributed by atoms with Gasteiger partial charge < -0.3 is 10.4 Å². The van der Waals surface area contributed by atoms with E-state index in [2.05, 4.69) is 11.2 Å². The second kappa shape index (κ2) is 5.17. The third kappa shape index (κ3) is 3.08. The SMILES string of the molecule is C#CCC(=O)Nc1cc(C)c(C)c(C(=O)O)c1. The fraction of sp³-hybridized carbons (Fsp3) is 0.231. The van der Waals surface area contributed by atoms with Crippen LogP contribution >= 0.6 is 0 Å². The van der Waals surface area contributed by atoms with Gasteiger partial charge in [-0.1, -0.05) is 5.92 Å². The Labute approximate surface area is 99.7 Å². The fourth-order valence-electron chi connectivity index (χ4n) is 1.45. The number of rotatable bonds is 3. The van der Waals surface area contributed by atoms with E-state index in [9.17, 15) is 9.59 Å². The first kappa shape index (κ1) is 12.8. The van der Waals surface area contributed by atoms with Gasteiger partial charge in [0, 0.05) is 5.69 Å². The molecular weight excluding hydrogens is 218 g/mol. The summed E-state index contributed by atoms with van der Waals surface area (Å²) in [6.45, 7) is 3.52. The van der Waals surface area contributed by atoms with Crippen LogP contribution in [0.4, 0.5) is 5.69 Å². The summed E-state index contributed by atoms with van der Waals surface area (Å²) in [7, 11) is 0. The molecule has 0 atom stereocenters. The standard InChI is InChI=1S/C13H13NO3/c1-4-5-12(15)14-10-6-8(2)9(3)11(7-10)13(16)17/h1,6-7H,5H2,2-3H3,(H,14,15)(H,16,17). The average Bonchev–Trinajstić information content (AvgIpc) is 2.23. The van der Waals surface area contributed by atoms with Gasteiger partial charge in [-0.25, -0.2) is 4.79 Å². The van der Waals surface area contributed by atoms with E-state index >= 15 is 0 Å². The molecule has 0 unspecified atom stereocenters. The molecule has 0 aliphatic heterocycles. The maximum absolute atomic E-state index is 11.3. The van der Waals surface area contributed by atoms with Crippen molar-refractivity contribution in [1.29, 1.82) is 0 Å². The first-order valence-electron chi connectivity index (χ1n) is 5.03. The minimum absolute atomic E-state index is 0.0324. The number of carbonyl (C=O) groups excluding carboxylic acids is 1. The van der Waals surface area contributed by atoms with E-state index in [1.54, 1.807) is 19.9 Å². The number of aromatic carboxylic acids is 1. The highest BCUT2D eigenvalue weighted by Gasteiger charge is 2.11. The van der Waals surface area contributed by atoms with Gasteiger partial charge >= 0.3 is 5.97 Å². The van der Waals surface area contributed by atoms with E-state index in [4.69, 9.17) is 11.5 Å². The van der Waals surface area contributed by atoms with Crippen molar-refractivity contribution in [2.75, 3.05) is 5.32 Å². The van der Waals surface area contributed by atoms with Gasteiger partial charge in [0.25, 0.3) is 0 Å². The van der Waals surface area contributed by atoms with E-state index in [-0.39, 0.29) is 17.9 Å². The highest BCUT2D eigenvalue weighted by Crippen LogP contribution is 2.20. The Bertz CT molecular complexity index is 512. The quantitative estimate of drug-likeness (QED) is 0.781. The molecule has 0 fully saturated rings. The Morgan fingerprint density at radius 2 is 2.06 bits per heavy atom. The van der Waals surface area contributed by atoms with Crippen molar-refractivity contribution in [2.45, 2.75) is 20.3 Å². The van der Waals surface area contributed by atoms with Gasteiger partial charge in [-0.15, -0.1) is 6.42 Å². The van der Waals surface area contributed by atoms with Gasteiger partial charge in [0.2, 0.25) is 5.91 Å². The van der Waals surface area contributed by atoms with Crippen LogP contribution in [0.15, 0.2) is 12.1 Å². The molecule has 1 aromatic rings. The van der Waals surface area contributed by atoms with E-state index in [0.29, 0.717) is 11.3 Å². The Hall–Kier alpha value is -2.28. The molecule has 0 saturated heterocycles. The number of hydrogen-bond donors (Lipinski definition) is 2. The van der Waals surface area contributed by atoms with Crippen LogP contribution in [0.25, 0.3) is 0 Å². The topological polar surface area (TPSA) is 66.4 Å². The molecule has 0 radical (unpaired) electrons. The van der Waals surface area contributed by atoms with Crippen molar-refractivity contribution in [3.63, 3.8) is 0 Å². The summed E-state index contributed by atoms with van der Waals surface area (Å²) < 4.78 is 0. The predicted octanol–water partition coefficient (Wildman–Crippen LogP) is 1.96. The largest absolute Gasteiger partial charge is 0.478 e. The Kier molecular flexibility index (Phi) is 3.89. The van der Waals surface area contributed by atoms with Gasteiger partial charge in [-0.05, 0) is 37.1 Å². The molecular formula is C13H13NO3. The summed E-state index contributed by atoms with van der Waals surface area (Å²) in [5.74, 6) is 0.881. The monoisotopic (exact) mass is 231 g/mol. The number of hydrogen-bond acceptors (Lipinski definition) is 2. The van der Waals surface area contributed by atoms with E-state index in [1.165, 1.54) is 6.07 Å². The lowest BCUT2D eigenvalue weighted by Crippen LogP contribution is -2.12. The van der Waals surface area contributed by atoms with Crippen molar-refractivity contribution in [2.24, 2.45) is 0 Å². The van der Waals surface area contributed by atoms with E-state index in [1.807, 2.05) is 0 Å². The molecule has 2 N–H and O–H groups in total. The Morgan fingerprint density at radius 3 is 2.59 bits per heavy atom. The lowest BCUT2D eigenvalue weighted by atomic mass is 10.0. The molecule has 1 rings (SSSR count). The fourth-order valence-corrected chi connectivity index (χ4v) is 1.45. The molecule has 0 heterocycles. The van der Waals surface area contributed by atoms with Crippen LogP contribution in [0, 0.1) is 26.2 Å². The van der Waals surface area contributed by atoms with Gasteiger partial charge in [0.05, 0.1) is 12.0 Å². The van der Waals surface area contributed by atoms with Crippen LogP contribution in [-0.4, -0.2) is 17.0 Å². The molecule has 0 bridgehead atoms. The van der Waals surface area contributed by atoms with Crippen molar-refractivity contribution in [3.05, 3.63) is 28.8 Å². The maximum Gasteiger partial charge on any atom is 0.336 e. The van der Waals surface area contributed by atoms with Crippen LogP contribution in [0.3, 0.4) is 0 Å². The summed E-state index contributed by atoms with van der Waals surface area (Å²) >= 11 is 0. The Morgan fingerprint density at radius 1 is 1.41 bits per heavy atom. The zero-order chi connectivity index (χ0) is 13.0. The lowest BCUT2D eigenvalue weighted by Gasteiger charge is -2.09. The summed E-state index contributed by atoms with van der Waals surface area (Å²) in [5.41, 5.74) is 2.13. The normalized spacial score (nSPS) is 9.47. The molecule has 88 valence electrons. The van der Waals surface area contributed by atoms with Gasteiger partial charge in [-0.2, -0.15) is 0 Å². The Balaban J connectivity index is 3.07. The number of terminal acetylenes is 1. The third-order valence-electron chi connectivity index (χ3n) is 2.44. The smallest absolute Gasteiger partial charge is 0.336 e. The number of carbonyl (C=O) groups is 2. The molecule has 17 heavy (non-hydrogen) atoms. The number of anilines is 1. The maximum atomic E-state index is 11.3. The molecule has 4 nitrogen and oxygen atoms in total. The summed E-state index contributed by atoms with van der Waals surface area (Å²) in [5, 5.41) is 11.6. The first-order valence-corrected chi connectivity index (χ1v) is 5.03. The molecule has 0 saturated carbocycles. The van der Waals surface area contributed by atoms with E-state index < -0.39 is 5.97 Å². The molecule has 0 aliphatic rings. The number of carboxylic acid groups (broad SMARTS) is 1. The first-order chi connectivity index (χ1) is 7.95. The van der Waals surface area contributed by atoms with Gasteiger partial charge in [0.1, 0.15) is 0 Å². The molecule has 0 aliphatic carbocycles. The van der Waals surface area contributed by atoms with Crippen molar-refractivity contribution in [3.8, 4) is 12.3 Å². The summed E-state index contributed by atoms with van der Waals surface area (Å²) in [6.07, 6.45) is 4.98. The van der Waals surface area contributed by atoms with Crippen LogP contribution in [0.2, 0.25) is 0 Å². The van der Waals surface area contributed by atoms with Crippen molar-refractivity contribution >= 4 is 17.6 Å². The highest BCUT2D eigenvalue weighted by molar-refractivity contribution is 5.95. The van der Waals surface area contributed by atoms with Crippen molar-refractivity contribution in [1.82, 2.24) is 0 Å². The van der Waals surface area contributed by atoms with Crippen LogP contribution in [0.1, 0.15) is 27.9 Å². The zero-order valence-electron chi connectivity index (χ0n) is 9.70. The molecule has 1 amide bonds. The molecule has 0 aromatic heterocycles. The second-order valence-corrected chi connectivity index (χ2v) is 3.70. The van der Waals surface area contributed by atoms with Crippen LogP contribution in [-0.2, 0) is 4.79 Å². The van der Waals surface area contributed by atoms with E-state index in [0.717, 1.165) is 5.56 Å². The minimum atomic E-state index is -1.02. The summed E-state index contributed by atoms with van der Waals surface area (Å²) in [6, 6.07) is 3.15. The van der Waals surface area contributed by atoms with Crippen molar-refractivity contribution < 1.29 is 14.7 Å². The number of aryl methyl sites for hydroxylation is 1. The summed E-state index contributed by atoms with van der Waals surface area (Å²) in [4.78, 5) is 22.3. The van der Waals surface area contributed by atoms with Crippen LogP contribution in [0.5, 0.6) is 0 Å². The predicted molar refractivity (Wildman–Crippen MR) is 65.0 cm³/mol. The molecule has 0 spiro atoms.